The minimum absolute atomic E-state index is 0.0724. The Hall–Kier alpha value is -0.0800. The highest BCUT2D eigenvalue weighted by molar-refractivity contribution is 5.08. The molecule has 0 saturated heterocycles. The molecule has 2 aliphatic carbocycles. The van der Waals surface area contributed by atoms with E-state index in [9.17, 15) is 10.2 Å². The standard InChI is InChI=1S/C18H34O2/c1-16(2)12-8-9-13-17(3,20)18(16,4)14-10-6-5-7-11-15(14)19/h14-15,19-20H,5-13H2,1-4H3. The van der Waals surface area contributed by atoms with Crippen LogP contribution < -0.4 is 0 Å². The summed E-state index contributed by atoms with van der Waals surface area (Å²) in [6.07, 6.45) is 9.62. The summed E-state index contributed by atoms with van der Waals surface area (Å²) < 4.78 is 0. The van der Waals surface area contributed by atoms with Crippen LogP contribution in [0.3, 0.4) is 0 Å². The Morgan fingerprint density at radius 2 is 1.40 bits per heavy atom. The Bertz CT molecular complexity index is 314. The van der Waals surface area contributed by atoms with Gasteiger partial charge in [0.15, 0.2) is 0 Å². The van der Waals surface area contributed by atoms with Gasteiger partial charge in [0, 0.05) is 5.41 Å². The topological polar surface area (TPSA) is 40.5 Å². The summed E-state index contributed by atoms with van der Waals surface area (Å²) in [5.74, 6) is 0.230. The normalized spacial score (nSPS) is 46.5. The zero-order valence-electron chi connectivity index (χ0n) is 13.9. The third-order valence-corrected chi connectivity index (χ3v) is 6.96. The van der Waals surface area contributed by atoms with Crippen LogP contribution in [0.25, 0.3) is 0 Å². The molecule has 2 saturated carbocycles. The van der Waals surface area contributed by atoms with Gasteiger partial charge in [-0.25, -0.2) is 0 Å². The van der Waals surface area contributed by atoms with Crippen LogP contribution in [-0.4, -0.2) is 21.9 Å². The van der Waals surface area contributed by atoms with Crippen LogP contribution in [0, 0.1) is 16.7 Å². The van der Waals surface area contributed by atoms with Crippen molar-refractivity contribution in [2.75, 3.05) is 0 Å². The largest absolute Gasteiger partial charge is 0.393 e. The van der Waals surface area contributed by atoms with Crippen molar-refractivity contribution in [3.8, 4) is 0 Å². The molecule has 0 aliphatic heterocycles. The van der Waals surface area contributed by atoms with E-state index in [2.05, 4.69) is 20.8 Å². The van der Waals surface area contributed by atoms with Crippen LogP contribution in [0.4, 0.5) is 0 Å². The van der Waals surface area contributed by atoms with Crippen molar-refractivity contribution >= 4 is 0 Å². The van der Waals surface area contributed by atoms with Crippen molar-refractivity contribution < 1.29 is 10.2 Å². The monoisotopic (exact) mass is 282 g/mol. The van der Waals surface area contributed by atoms with Crippen molar-refractivity contribution in [3.63, 3.8) is 0 Å². The van der Waals surface area contributed by atoms with Crippen molar-refractivity contribution in [3.05, 3.63) is 0 Å². The van der Waals surface area contributed by atoms with E-state index < -0.39 is 5.60 Å². The maximum absolute atomic E-state index is 11.3. The molecule has 2 nitrogen and oxygen atoms in total. The minimum atomic E-state index is -0.678. The van der Waals surface area contributed by atoms with Crippen molar-refractivity contribution in [1.29, 1.82) is 0 Å². The van der Waals surface area contributed by atoms with E-state index in [0.717, 1.165) is 38.5 Å². The van der Waals surface area contributed by atoms with E-state index >= 15 is 0 Å². The Morgan fingerprint density at radius 1 is 0.800 bits per heavy atom. The first kappa shape index (κ1) is 16.3. The van der Waals surface area contributed by atoms with Gasteiger partial charge in [-0.1, -0.05) is 52.9 Å². The van der Waals surface area contributed by atoms with E-state index in [1.54, 1.807) is 0 Å². The lowest BCUT2D eigenvalue weighted by molar-refractivity contribution is -0.179. The Morgan fingerprint density at radius 3 is 2.10 bits per heavy atom. The van der Waals surface area contributed by atoms with Gasteiger partial charge in [-0.15, -0.1) is 0 Å². The first-order valence-electron chi connectivity index (χ1n) is 8.63. The summed E-state index contributed by atoms with van der Waals surface area (Å²) in [7, 11) is 0. The highest BCUT2D eigenvalue weighted by atomic mass is 16.3. The predicted octanol–water partition coefficient (Wildman–Crippen LogP) is 4.29. The molecule has 2 fully saturated rings. The number of hydrogen-bond acceptors (Lipinski definition) is 2. The first-order chi connectivity index (χ1) is 9.22. The second kappa shape index (κ2) is 5.61. The molecule has 0 bridgehead atoms. The molecule has 0 aromatic carbocycles. The molecule has 2 aliphatic rings. The van der Waals surface area contributed by atoms with Gasteiger partial charge in [0.1, 0.15) is 0 Å². The van der Waals surface area contributed by atoms with Gasteiger partial charge in [0.2, 0.25) is 0 Å². The molecule has 2 N–H and O–H groups in total. The lowest BCUT2D eigenvalue weighted by Crippen LogP contribution is -2.58. The van der Waals surface area contributed by atoms with Crippen LogP contribution in [0.5, 0.6) is 0 Å². The average molecular weight is 282 g/mol. The highest BCUT2D eigenvalue weighted by Crippen LogP contribution is 2.60. The van der Waals surface area contributed by atoms with Gasteiger partial charge < -0.3 is 10.2 Å². The molecular weight excluding hydrogens is 248 g/mol. The van der Waals surface area contributed by atoms with Crippen LogP contribution in [0.2, 0.25) is 0 Å². The van der Waals surface area contributed by atoms with Crippen molar-refractivity contribution in [2.45, 2.75) is 97.2 Å². The summed E-state index contributed by atoms with van der Waals surface area (Å²) in [6.45, 7) is 8.91. The maximum atomic E-state index is 11.3. The molecule has 2 heteroatoms. The van der Waals surface area contributed by atoms with Crippen LogP contribution in [0.1, 0.15) is 85.5 Å². The fourth-order valence-electron chi connectivity index (χ4n) is 5.15. The molecule has 20 heavy (non-hydrogen) atoms. The summed E-state index contributed by atoms with van der Waals surface area (Å²) in [5, 5.41) is 22.0. The zero-order valence-corrected chi connectivity index (χ0v) is 13.9. The smallest absolute Gasteiger partial charge is 0.0681 e. The van der Waals surface area contributed by atoms with Gasteiger partial charge in [-0.05, 0) is 43.9 Å². The van der Waals surface area contributed by atoms with Gasteiger partial charge in [-0.2, -0.15) is 0 Å². The molecule has 0 radical (unpaired) electrons. The van der Waals surface area contributed by atoms with Crippen LogP contribution >= 0.6 is 0 Å². The lowest BCUT2D eigenvalue weighted by atomic mass is 9.50. The average Bonchev–Trinajstić information content (AvgIpc) is 2.61. The number of hydrogen-bond donors (Lipinski definition) is 2. The molecular formula is C18H34O2. The molecule has 0 heterocycles. The number of aliphatic hydroxyl groups excluding tert-OH is 1. The molecule has 4 unspecified atom stereocenters. The highest BCUT2D eigenvalue weighted by Gasteiger charge is 2.58. The van der Waals surface area contributed by atoms with Crippen molar-refractivity contribution in [1.82, 2.24) is 0 Å². The van der Waals surface area contributed by atoms with Crippen LogP contribution in [-0.2, 0) is 0 Å². The molecule has 4 atom stereocenters. The van der Waals surface area contributed by atoms with E-state index in [1.165, 1.54) is 19.3 Å². The molecule has 118 valence electrons. The lowest BCUT2D eigenvalue weighted by Gasteiger charge is -2.57. The quantitative estimate of drug-likeness (QED) is 0.705. The molecule has 2 rings (SSSR count). The third-order valence-electron chi connectivity index (χ3n) is 6.96. The van der Waals surface area contributed by atoms with Gasteiger partial charge in [0.05, 0.1) is 11.7 Å². The second-order valence-corrected chi connectivity index (χ2v) is 8.38. The van der Waals surface area contributed by atoms with E-state index in [0.29, 0.717) is 0 Å². The SMILES string of the molecule is CC1(C)CCCCC(C)(O)C1(C)C1CCCCCC1O. The zero-order chi connectivity index (χ0) is 15.0. The fraction of sp³-hybridized carbons (Fsp3) is 1.00. The Kier molecular flexibility index (Phi) is 4.57. The van der Waals surface area contributed by atoms with Gasteiger partial charge >= 0.3 is 0 Å². The van der Waals surface area contributed by atoms with Gasteiger partial charge in [0.25, 0.3) is 0 Å². The predicted molar refractivity (Wildman–Crippen MR) is 83.6 cm³/mol. The fourth-order valence-corrected chi connectivity index (χ4v) is 5.15. The minimum Gasteiger partial charge on any atom is -0.393 e. The number of rotatable bonds is 1. The Balaban J connectivity index is 2.43. The summed E-state index contributed by atoms with van der Waals surface area (Å²) in [4.78, 5) is 0. The third kappa shape index (κ3) is 2.54. The molecule has 0 aromatic heterocycles. The van der Waals surface area contributed by atoms with E-state index in [-0.39, 0.29) is 22.9 Å². The Labute approximate surface area is 125 Å². The first-order valence-corrected chi connectivity index (χ1v) is 8.63. The van der Waals surface area contributed by atoms with E-state index in [1.807, 2.05) is 6.92 Å². The summed E-state index contributed by atoms with van der Waals surface area (Å²) >= 11 is 0. The number of aliphatic hydroxyl groups is 2. The van der Waals surface area contributed by atoms with Crippen molar-refractivity contribution in [2.24, 2.45) is 16.7 Å². The van der Waals surface area contributed by atoms with Gasteiger partial charge in [-0.3, -0.25) is 0 Å². The van der Waals surface area contributed by atoms with Crippen LogP contribution in [0.15, 0.2) is 0 Å². The summed E-state index contributed by atoms with van der Waals surface area (Å²) in [5.41, 5.74) is -0.813. The summed E-state index contributed by atoms with van der Waals surface area (Å²) in [6, 6.07) is 0. The second-order valence-electron chi connectivity index (χ2n) is 8.38. The molecule has 0 amide bonds. The molecule has 0 aromatic rings. The van der Waals surface area contributed by atoms with E-state index in [4.69, 9.17) is 0 Å². The maximum Gasteiger partial charge on any atom is 0.0681 e. The molecule has 0 spiro atoms.